The number of nitrogens with zero attached hydrogens (tertiary/aromatic N) is 3. The molecule has 1 amide bonds. The van der Waals surface area contributed by atoms with E-state index in [0.717, 1.165) is 25.9 Å². The third-order valence-electron chi connectivity index (χ3n) is 2.56. The first-order chi connectivity index (χ1) is 7.11. The normalized spacial score (nSPS) is 17.7. The highest BCUT2D eigenvalue weighted by Crippen LogP contribution is 2.07. The molecule has 0 aromatic heterocycles. The van der Waals surface area contributed by atoms with Gasteiger partial charge in [-0.2, -0.15) is 0 Å². The molecule has 1 saturated heterocycles. The van der Waals surface area contributed by atoms with Gasteiger partial charge in [-0.05, 0) is 19.3 Å². The number of carbonyl (C=O) groups is 1. The number of hydrogen-bond acceptors (Lipinski definition) is 2. The molecule has 0 aromatic rings. The van der Waals surface area contributed by atoms with E-state index in [2.05, 4.69) is 4.99 Å². The van der Waals surface area contributed by atoms with E-state index in [1.807, 2.05) is 4.90 Å². The van der Waals surface area contributed by atoms with Gasteiger partial charge < -0.3 is 15.5 Å². The predicted molar refractivity (Wildman–Crippen MR) is 60.6 cm³/mol. The lowest BCUT2D eigenvalue weighted by Crippen LogP contribution is -2.41. The van der Waals surface area contributed by atoms with Crippen LogP contribution in [0.3, 0.4) is 0 Å². The number of nitrogens with two attached hydrogens (primary N) is 1. The van der Waals surface area contributed by atoms with Crippen LogP contribution in [0.2, 0.25) is 0 Å². The molecule has 0 aliphatic carbocycles. The van der Waals surface area contributed by atoms with Gasteiger partial charge in [0.2, 0.25) is 5.91 Å². The van der Waals surface area contributed by atoms with Crippen molar-refractivity contribution in [1.82, 2.24) is 9.80 Å². The van der Waals surface area contributed by atoms with E-state index in [9.17, 15) is 4.79 Å². The second kappa shape index (κ2) is 5.58. The Morgan fingerprint density at radius 1 is 1.33 bits per heavy atom. The molecule has 1 heterocycles. The zero-order valence-electron chi connectivity index (χ0n) is 9.57. The first kappa shape index (κ1) is 11.8. The maximum absolute atomic E-state index is 11.3. The van der Waals surface area contributed by atoms with Crippen LogP contribution in [0, 0.1) is 0 Å². The SMILES string of the molecule is CN(C)C(=O)CN=C(N)N1CCCCC1. The number of guanidine groups is 1. The van der Waals surface area contributed by atoms with Crippen LogP contribution in [0.4, 0.5) is 0 Å². The van der Waals surface area contributed by atoms with Gasteiger partial charge in [0, 0.05) is 27.2 Å². The highest BCUT2D eigenvalue weighted by atomic mass is 16.2. The summed E-state index contributed by atoms with van der Waals surface area (Å²) in [6, 6.07) is 0. The number of rotatable bonds is 2. The van der Waals surface area contributed by atoms with Gasteiger partial charge in [0.05, 0.1) is 0 Å². The molecule has 0 saturated carbocycles. The average molecular weight is 212 g/mol. The Morgan fingerprint density at radius 2 is 1.93 bits per heavy atom. The summed E-state index contributed by atoms with van der Waals surface area (Å²) in [4.78, 5) is 18.9. The highest BCUT2D eigenvalue weighted by Gasteiger charge is 2.12. The molecule has 2 N–H and O–H groups in total. The van der Waals surface area contributed by atoms with Crippen molar-refractivity contribution in [2.24, 2.45) is 10.7 Å². The molecule has 1 rings (SSSR count). The van der Waals surface area contributed by atoms with Crippen LogP contribution < -0.4 is 5.73 Å². The first-order valence-electron chi connectivity index (χ1n) is 5.36. The molecule has 15 heavy (non-hydrogen) atoms. The Bertz CT molecular complexity index is 244. The van der Waals surface area contributed by atoms with Crippen LogP contribution in [0.5, 0.6) is 0 Å². The minimum atomic E-state index is -0.0186. The summed E-state index contributed by atoms with van der Waals surface area (Å²) in [5, 5.41) is 0. The summed E-state index contributed by atoms with van der Waals surface area (Å²) in [5.41, 5.74) is 5.80. The lowest BCUT2D eigenvalue weighted by atomic mass is 10.1. The molecule has 1 aliphatic heterocycles. The van der Waals surface area contributed by atoms with E-state index in [1.165, 1.54) is 11.3 Å². The van der Waals surface area contributed by atoms with Gasteiger partial charge in [-0.3, -0.25) is 4.79 Å². The van der Waals surface area contributed by atoms with Crippen LogP contribution >= 0.6 is 0 Å². The van der Waals surface area contributed by atoms with Gasteiger partial charge in [-0.15, -0.1) is 0 Å². The number of aliphatic imine (C=N–C) groups is 1. The number of hydrogen-bond donors (Lipinski definition) is 1. The Kier molecular flexibility index (Phi) is 4.39. The standard InChI is InChI=1S/C10H20N4O/c1-13(2)9(15)8-12-10(11)14-6-4-3-5-7-14/h3-8H2,1-2H3,(H2,11,12). The summed E-state index contributed by atoms with van der Waals surface area (Å²) in [7, 11) is 3.43. The molecule has 1 aliphatic rings. The first-order valence-corrected chi connectivity index (χ1v) is 5.36. The molecule has 86 valence electrons. The average Bonchev–Trinajstić information content (AvgIpc) is 2.26. The zero-order chi connectivity index (χ0) is 11.3. The lowest BCUT2D eigenvalue weighted by molar-refractivity contribution is -0.127. The molecule has 5 heteroatoms. The van der Waals surface area contributed by atoms with E-state index in [1.54, 1.807) is 14.1 Å². The van der Waals surface area contributed by atoms with Crippen molar-refractivity contribution >= 4 is 11.9 Å². The third kappa shape index (κ3) is 3.77. The summed E-state index contributed by atoms with van der Waals surface area (Å²) in [6.07, 6.45) is 3.59. The minimum absolute atomic E-state index is 0.0186. The van der Waals surface area contributed by atoms with Crippen LogP contribution in [0.1, 0.15) is 19.3 Å². The Labute approximate surface area is 90.9 Å². The van der Waals surface area contributed by atoms with Crippen molar-refractivity contribution < 1.29 is 4.79 Å². The summed E-state index contributed by atoms with van der Waals surface area (Å²) >= 11 is 0. The number of likely N-dealkylation sites (tertiary alicyclic amines) is 1. The Balaban J connectivity index is 2.40. The largest absolute Gasteiger partial charge is 0.370 e. The molecular weight excluding hydrogens is 192 g/mol. The summed E-state index contributed by atoms with van der Waals surface area (Å²) < 4.78 is 0. The molecule has 5 nitrogen and oxygen atoms in total. The van der Waals surface area contributed by atoms with E-state index >= 15 is 0 Å². The van der Waals surface area contributed by atoms with Gasteiger partial charge in [0.25, 0.3) is 0 Å². The summed E-state index contributed by atoms with van der Waals surface area (Å²) in [6.45, 7) is 2.08. The second-order valence-electron chi connectivity index (χ2n) is 4.01. The molecule has 0 radical (unpaired) electrons. The zero-order valence-corrected chi connectivity index (χ0v) is 9.57. The lowest BCUT2D eigenvalue weighted by Gasteiger charge is -2.27. The van der Waals surface area contributed by atoms with E-state index < -0.39 is 0 Å². The fourth-order valence-electron chi connectivity index (χ4n) is 1.51. The van der Waals surface area contributed by atoms with Crippen molar-refractivity contribution in [2.45, 2.75) is 19.3 Å². The van der Waals surface area contributed by atoms with E-state index in [0.29, 0.717) is 5.96 Å². The predicted octanol–water partition coefficient (Wildman–Crippen LogP) is -0.125. The van der Waals surface area contributed by atoms with Crippen molar-refractivity contribution in [3.05, 3.63) is 0 Å². The molecule has 0 bridgehead atoms. The summed E-state index contributed by atoms with van der Waals surface area (Å²) in [5.74, 6) is 0.486. The maximum Gasteiger partial charge on any atom is 0.243 e. The Morgan fingerprint density at radius 3 is 2.47 bits per heavy atom. The van der Waals surface area contributed by atoms with Crippen molar-refractivity contribution in [3.8, 4) is 0 Å². The van der Waals surface area contributed by atoms with Crippen LogP contribution in [0.25, 0.3) is 0 Å². The van der Waals surface area contributed by atoms with Crippen LogP contribution in [0.15, 0.2) is 4.99 Å². The third-order valence-corrected chi connectivity index (χ3v) is 2.56. The number of piperidine rings is 1. The molecule has 0 atom stereocenters. The number of likely N-dealkylation sites (N-methyl/N-ethyl adjacent to an activating group) is 1. The van der Waals surface area contributed by atoms with Crippen LogP contribution in [-0.2, 0) is 4.79 Å². The fraction of sp³-hybridized carbons (Fsp3) is 0.800. The monoisotopic (exact) mass is 212 g/mol. The highest BCUT2D eigenvalue weighted by molar-refractivity contribution is 5.83. The van der Waals surface area contributed by atoms with Crippen molar-refractivity contribution in [1.29, 1.82) is 0 Å². The number of amides is 1. The fourth-order valence-corrected chi connectivity index (χ4v) is 1.51. The van der Waals surface area contributed by atoms with Gasteiger partial charge in [0.1, 0.15) is 6.54 Å². The van der Waals surface area contributed by atoms with Crippen molar-refractivity contribution in [3.63, 3.8) is 0 Å². The quantitative estimate of drug-likeness (QED) is 0.512. The minimum Gasteiger partial charge on any atom is -0.370 e. The topological polar surface area (TPSA) is 61.9 Å². The van der Waals surface area contributed by atoms with Gasteiger partial charge in [-0.1, -0.05) is 0 Å². The Hall–Kier alpha value is -1.26. The molecule has 0 spiro atoms. The number of carbonyl (C=O) groups excluding carboxylic acids is 1. The van der Waals surface area contributed by atoms with E-state index in [-0.39, 0.29) is 12.5 Å². The molecule has 0 aromatic carbocycles. The van der Waals surface area contributed by atoms with Gasteiger partial charge in [0.15, 0.2) is 5.96 Å². The van der Waals surface area contributed by atoms with E-state index in [4.69, 9.17) is 5.73 Å². The molecule has 0 unspecified atom stereocenters. The van der Waals surface area contributed by atoms with Crippen molar-refractivity contribution in [2.75, 3.05) is 33.7 Å². The molecular formula is C10H20N4O. The van der Waals surface area contributed by atoms with Crippen LogP contribution in [-0.4, -0.2) is 55.4 Å². The second-order valence-corrected chi connectivity index (χ2v) is 4.01. The van der Waals surface area contributed by atoms with Gasteiger partial charge >= 0.3 is 0 Å². The molecule has 1 fully saturated rings. The van der Waals surface area contributed by atoms with Gasteiger partial charge in [-0.25, -0.2) is 4.99 Å². The smallest absolute Gasteiger partial charge is 0.243 e. The maximum atomic E-state index is 11.3.